The topological polar surface area (TPSA) is 71.9 Å². The van der Waals surface area contributed by atoms with Gasteiger partial charge in [0.05, 0.1) is 16.8 Å². The first-order chi connectivity index (χ1) is 10.3. The van der Waals surface area contributed by atoms with Crippen LogP contribution in [0.5, 0.6) is 5.75 Å². The van der Waals surface area contributed by atoms with Gasteiger partial charge >= 0.3 is 0 Å². The highest BCUT2D eigenvalue weighted by atomic mass is 16.5. The molecule has 4 heteroatoms. The summed E-state index contributed by atoms with van der Waals surface area (Å²) in [7, 11) is 0. The van der Waals surface area contributed by atoms with Crippen LogP contribution in [0.15, 0.2) is 54.7 Å². The smallest absolute Gasteiger partial charge is 0.120 e. The molecule has 1 aromatic heterocycles. The quantitative estimate of drug-likeness (QED) is 0.796. The minimum Gasteiger partial charge on any atom is -0.489 e. The number of nitrogen functional groups attached to an aromatic ring is 1. The van der Waals surface area contributed by atoms with E-state index < -0.39 is 0 Å². The molecule has 0 fully saturated rings. The van der Waals surface area contributed by atoms with E-state index in [9.17, 15) is 0 Å². The Labute approximate surface area is 122 Å². The van der Waals surface area contributed by atoms with Crippen LogP contribution in [0, 0.1) is 11.3 Å². The van der Waals surface area contributed by atoms with E-state index in [1.165, 1.54) is 6.20 Å². The van der Waals surface area contributed by atoms with E-state index in [1.54, 1.807) is 0 Å². The van der Waals surface area contributed by atoms with Crippen molar-refractivity contribution in [1.29, 1.82) is 5.26 Å². The SMILES string of the molecule is N#Cc1cnc2ccc(OCc3ccccc3)cc2c1N. The number of anilines is 1. The zero-order valence-electron chi connectivity index (χ0n) is 11.3. The fraction of sp³-hybridized carbons (Fsp3) is 0.0588. The number of pyridine rings is 1. The Kier molecular flexibility index (Phi) is 3.40. The fourth-order valence-corrected chi connectivity index (χ4v) is 2.11. The van der Waals surface area contributed by atoms with Crippen molar-refractivity contribution in [1.82, 2.24) is 4.98 Å². The van der Waals surface area contributed by atoms with Crippen molar-refractivity contribution in [3.8, 4) is 11.8 Å². The van der Waals surface area contributed by atoms with Crippen molar-refractivity contribution in [2.45, 2.75) is 6.61 Å². The van der Waals surface area contributed by atoms with E-state index in [2.05, 4.69) is 4.98 Å². The monoisotopic (exact) mass is 275 g/mol. The molecule has 3 aromatic rings. The Morgan fingerprint density at radius 3 is 2.71 bits per heavy atom. The summed E-state index contributed by atoms with van der Waals surface area (Å²) in [5.74, 6) is 0.704. The Morgan fingerprint density at radius 2 is 1.95 bits per heavy atom. The summed E-state index contributed by atoms with van der Waals surface area (Å²) in [6.45, 7) is 0.484. The third kappa shape index (κ3) is 2.63. The van der Waals surface area contributed by atoms with Crippen LogP contribution in [0.25, 0.3) is 10.9 Å². The second-order valence-corrected chi connectivity index (χ2v) is 4.65. The van der Waals surface area contributed by atoms with Crippen molar-refractivity contribution < 1.29 is 4.74 Å². The molecule has 0 unspecified atom stereocenters. The first-order valence-corrected chi connectivity index (χ1v) is 6.53. The molecule has 21 heavy (non-hydrogen) atoms. The average Bonchev–Trinajstić information content (AvgIpc) is 2.54. The van der Waals surface area contributed by atoms with Crippen molar-refractivity contribution in [3.63, 3.8) is 0 Å². The lowest BCUT2D eigenvalue weighted by atomic mass is 10.1. The lowest BCUT2D eigenvalue weighted by molar-refractivity contribution is 0.306. The molecule has 0 saturated heterocycles. The van der Waals surface area contributed by atoms with E-state index >= 15 is 0 Å². The minimum absolute atomic E-state index is 0.378. The molecule has 0 saturated carbocycles. The van der Waals surface area contributed by atoms with E-state index in [4.69, 9.17) is 15.7 Å². The standard InChI is InChI=1S/C17H13N3O/c18-9-13-10-20-16-7-6-14(8-15(16)17(13)19)21-11-12-4-2-1-3-5-12/h1-8,10H,11H2,(H2,19,20). The molecule has 0 radical (unpaired) electrons. The van der Waals surface area contributed by atoms with Crippen LogP contribution in [0.4, 0.5) is 5.69 Å². The number of ether oxygens (including phenoxy) is 1. The summed E-state index contributed by atoms with van der Waals surface area (Å²) in [5, 5.41) is 9.73. The van der Waals surface area contributed by atoms with Gasteiger partial charge in [-0.1, -0.05) is 30.3 Å². The van der Waals surface area contributed by atoms with Gasteiger partial charge in [0.15, 0.2) is 0 Å². The van der Waals surface area contributed by atoms with Crippen LogP contribution in [0.2, 0.25) is 0 Å². The van der Waals surface area contributed by atoms with Gasteiger partial charge in [-0.25, -0.2) is 0 Å². The minimum atomic E-state index is 0.378. The molecule has 0 aliphatic carbocycles. The first-order valence-electron chi connectivity index (χ1n) is 6.53. The number of hydrogen-bond donors (Lipinski definition) is 1. The molecule has 4 nitrogen and oxygen atoms in total. The third-order valence-electron chi connectivity index (χ3n) is 3.25. The normalized spacial score (nSPS) is 10.2. The van der Waals surface area contributed by atoms with E-state index in [-0.39, 0.29) is 0 Å². The van der Waals surface area contributed by atoms with Crippen molar-refractivity contribution in [2.24, 2.45) is 0 Å². The van der Waals surface area contributed by atoms with Gasteiger partial charge < -0.3 is 10.5 Å². The number of nitriles is 1. The summed E-state index contributed by atoms with van der Waals surface area (Å²) in [6.07, 6.45) is 1.49. The number of nitrogens with two attached hydrogens (primary N) is 1. The molecule has 0 aliphatic heterocycles. The highest BCUT2D eigenvalue weighted by Crippen LogP contribution is 2.27. The highest BCUT2D eigenvalue weighted by molar-refractivity contribution is 5.93. The van der Waals surface area contributed by atoms with Gasteiger partial charge in [-0.3, -0.25) is 4.98 Å². The Bertz CT molecular complexity index is 823. The Balaban J connectivity index is 1.90. The second-order valence-electron chi connectivity index (χ2n) is 4.65. The number of hydrogen-bond acceptors (Lipinski definition) is 4. The second kappa shape index (κ2) is 5.51. The molecule has 0 spiro atoms. The fourth-order valence-electron chi connectivity index (χ4n) is 2.11. The third-order valence-corrected chi connectivity index (χ3v) is 3.25. The van der Waals surface area contributed by atoms with Gasteiger partial charge in [-0.15, -0.1) is 0 Å². The van der Waals surface area contributed by atoms with Crippen LogP contribution >= 0.6 is 0 Å². The summed E-state index contributed by atoms with van der Waals surface area (Å²) < 4.78 is 5.76. The number of rotatable bonds is 3. The van der Waals surface area contributed by atoms with Gasteiger partial charge in [0.2, 0.25) is 0 Å². The van der Waals surface area contributed by atoms with Crippen LogP contribution in [0.1, 0.15) is 11.1 Å². The van der Waals surface area contributed by atoms with E-state index in [0.717, 1.165) is 16.5 Å². The van der Waals surface area contributed by atoms with Gasteiger partial charge in [-0.2, -0.15) is 5.26 Å². The lowest BCUT2D eigenvalue weighted by Crippen LogP contribution is -1.97. The first kappa shape index (κ1) is 12.9. The van der Waals surface area contributed by atoms with Gasteiger partial charge in [0.25, 0.3) is 0 Å². The van der Waals surface area contributed by atoms with Crippen LogP contribution in [-0.4, -0.2) is 4.98 Å². The maximum Gasteiger partial charge on any atom is 0.120 e. The molecule has 0 bridgehead atoms. The van der Waals surface area contributed by atoms with Crippen molar-refractivity contribution in [3.05, 3.63) is 65.9 Å². The van der Waals surface area contributed by atoms with Gasteiger partial charge in [0.1, 0.15) is 18.4 Å². The Hall–Kier alpha value is -3.06. The van der Waals surface area contributed by atoms with Crippen molar-refractivity contribution >= 4 is 16.6 Å². The molecule has 102 valence electrons. The molecule has 0 aliphatic rings. The van der Waals surface area contributed by atoms with Crippen LogP contribution < -0.4 is 10.5 Å². The predicted molar refractivity (Wildman–Crippen MR) is 81.6 cm³/mol. The van der Waals surface area contributed by atoms with Crippen LogP contribution in [-0.2, 0) is 6.61 Å². The predicted octanol–water partition coefficient (Wildman–Crippen LogP) is 3.27. The lowest BCUT2D eigenvalue weighted by Gasteiger charge is -2.09. The number of fused-ring (bicyclic) bond motifs is 1. The van der Waals surface area contributed by atoms with Gasteiger partial charge in [-0.05, 0) is 23.8 Å². The highest BCUT2D eigenvalue weighted by Gasteiger charge is 2.07. The van der Waals surface area contributed by atoms with Crippen LogP contribution in [0.3, 0.4) is 0 Å². The Morgan fingerprint density at radius 1 is 1.14 bits per heavy atom. The molecule has 1 heterocycles. The number of aromatic nitrogens is 1. The zero-order valence-corrected chi connectivity index (χ0v) is 11.3. The maximum absolute atomic E-state index is 9.00. The maximum atomic E-state index is 9.00. The molecular formula is C17H13N3O. The molecule has 2 N–H and O–H groups in total. The summed E-state index contributed by atoms with van der Waals surface area (Å²) >= 11 is 0. The van der Waals surface area contributed by atoms with Gasteiger partial charge in [0, 0.05) is 11.6 Å². The van der Waals surface area contributed by atoms with E-state index in [1.807, 2.05) is 54.6 Å². The number of nitrogens with zero attached hydrogens (tertiary/aromatic N) is 2. The largest absolute Gasteiger partial charge is 0.489 e. The summed E-state index contributed by atoms with van der Waals surface area (Å²) in [4.78, 5) is 4.21. The summed E-state index contributed by atoms with van der Waals surface area (Å²) in [6, 6.07) is 17.5. The average molecular weight is 275 g/mol. The molecular weight excluding hydrogens is 262 g/mol. The molecule has 2 aromatic carbocycles. The molecule has 0 atom stereocenters. The molecule has 0 amide bonds. The molecule has 3 rings (SSSR count). The summed E-state index contributed by atoms with van der Waals surface area (Å²) in [5.41, 5.74) is 8.64. The zero-order chi connectivity index (χ0) is 14.7. The number of benzene rings is 2. The van der Waals surface area contributed by atoms with Crippen molar-refractivity contribution in [2.75, 3.05) is 5.73 Å². The van der Waals surface area contributed by atoms with E-state index in [0.29, 0.717) is 23.6 Å².